The van der Waals surface area contributed by atoms with Crippen LogP contribution in [0.2, 0.25) is 0 Å². The van der Waals surface area contributed by atoms with Crippen molar-refractivity contribution in [2.24, 2.45) is 5.92 Å². The van der Waals surface area contributed by atoms with Gasteiger partial charge in [-0.3, -0.25) is 20.1 Å². The van der Waals surface area contributed by atoms with Crippen molar-refractivity contribution < 1.29 is 29.7 Å². The van der Waals surface area contributed by atoms with Gasteiger partial charge in [0, 0.05) is 5.92 Å². The zero-order valence-corrected chi connectivity index (χ0v) is 8.64. The van der Waals surface area contributed by atoms with E-state index in [9.17, 15) is 4.79 Å². The second-order valence-electron chi connectivity index (χ2n) is 4.17. The predicted octanol–water partition coefficient (Wildman–Crippen LogP) is -1.24. The Morgan fingerprint density at radius 1 is 1.36 bits per heavy atom. The summed E-state index contributed by atoms with van der Waals surface area (Å²) in [4.78, 5) is 10.4. The molecular weight excluding hydrogens is 190 g/mol. The summed E-state index contributed by atoms with van der Waals surface area (Å²) in [6.07, 6.45) is -2.91. The van der Waals surface area contributed by atoms with Crippen LogP contribution in [0.25, 0.3) is 0 Å². The van der Waals surface area contributed by atoms with Crippen LogP contribution >= 0.6 is 0 Å². The quantitative estimate of drug-likeness (QED) is 0.335. The molecule has 0 aliphatic heterocycles. The number of carbonyl (C=O) groups is 1. The third kappa shape index (κ3) is 4.01. The van der Waals surface area contributed by atoms with Gasteiger partial charge in [0.1, 0.15) is 0 Å². The molecule has 0 aliphatic carbocycles. The maximum Gasteiger partial charge on any atom is 0.441 e. The van der Waals surface area contributed by atoms with Crippen molar-refractivity contribution in [2.75, 3.05) is 20.6 Å². The number of carboxylic acids is 1. The molecule has 1 unspecified atom stereocenters. The third-order valence-electron chi connectivity index (χ3n) is 2.10. The van der Waals surface area contributed by atoms with E-state index in [2.05, 4.69) is 0 Å². The number of carboxylic acid groups (broad SMARTS) is 1. The fourth-order valence-corrected chi connectivity index (χ4v) is 1.26. The molecule has 0 spiro atoms. The van der Waals surface area contributed by atoms with Crippen molar-refractivity contribution in [2.45, 2.75) is 19.4 Å². The minimum Gasteiger partial charge on any atom is -0.481 e. The van der Waals surface area contributed by atoms with Gasteiger partial charge in [0.2, 0.25) is 0 Å². The van der Waals surface area contributed by atoms with Crippen LogP contribution in [0.1, 0.15) is 13.3 Å². The van der Waals surface area contributed by atoms with Crippen LogP contribution in [-0.2, 0) is 4.79 Å². The highest BCUT2D eigenvalue weighted by Gasteiger charge is 2.41. The second kappa shape index (κ2) is 4.22. The summed E-state index contributed by atoms with van der Waals surface area (Å²) < 4.78 is -0.485. The highest BCUT2D eigenvalue weighted by Crippen LogP contribution is 2.16. The number of hydrogen-bond acceptors (Lipinski definition) is 4. The maximum absolute atomic E-state index is 10.4. The Labute approximate surface area is 82.6 Å². The summed E-state index contributed by atoms with van der Waals surface area (Å²) in [7, 11) is 2.80. The Balaban J connectivity index is 4.29. The Bertz CT molecular complexity index is 208. The molecule has 0 saturated heterocycles. The minimum atomic E-state index is -2.84. The van der Waals surface area contributed by atoms with E-state index in [4.69, 9.17) is 20.4 Å². The van der Waals surface area contributed by atoms with Gasteiger partial charge in [-0.1, -0.05) is 6.92 Å². The lowest BCUT2D eigenvalue weighted by atomic mass is 10.1. The van der Waals surface area contributed by atoms with Crippen molar-refractivity contribution in [3.05, 3.63) is 0 Å². The molecule has 14 heavy (non-hydrogen) atoms. The number of quaternary nitrogens is 1. The van der Waals surface area contributed by atoms with Gasteiger partial charge in [0.25, 0.3) is 0 Å². The van der Waals surface area contributed by atoms with Crippen molar-refractivity contribution in [1.82, 2.24) is 0 Å². The average Bonchev–Trinajstić information content (AvgIpc) is 1.79. The highest BCUT2D eigenvalue weighted by atomic mass is 16.7. The first kappa shape index (κ1) is 13.3. The molecule has 0 rings (SSSR count). The van der Waals surface area contributed by atoms with Crippen LogP contribution in [0.5, 0.6) is 0 Å². The molecule has 6 heteroatoms. The second-order valence-corrected chi connectivity index (χ2v) is 4.17. The first-order valence-electron chi connectivity index (χ1n) is 4.28. The molecule has 0 amide bonds. The first-order chi connectivity index (χ1) is 6.06. The fraction of sp³-hybridized carbons (Fsp3) is 0.875. The van der Waals surface area contributed by atoms with E-state index in [0.717, 1.165) is 0 Å². The van der Waals surface area contributed by atoms with Crippen molar-refractivity contribution in [3.63, 3.8) is 0 Å². The molecule has 1 atom stereocenters. The van der Waals surface area contributed by atoms with Crippen LogP contribution in [0.4, 0.5) is 0 Å². The zero-order valence-electron chi connectivity index (χ0n) is 8.64. The van der Waals surface area contributed by atoms with Crippen molar-refractivity contribution >= 4 is 5.97 Å². The summed E-state index contributed by atoms with van der Waals surface area (Å²) in [6, 6.07) is 0. The summed E-state index contributed by atoms with van der Waals surface area (Å²) in [5.74, 6) is -1.20. The SMILES string of the molecule is CC(CC(=O)O)C[N+](C)(C)C(O)(O)O. The van der Waals surface area contributed by atoms with Gasteiger partial charge in [0.05, 0.1) is 27.1 Å². The zero-order chi connectivity index (χ0) is 11.6. The third-order valence-corrected chi connectivity index (χ3v) is 2.10. The topological polar surface area (TPSA) is 98.0 Å². The summed E-state index contributed by atoms with van der Waals surface area (Å²) >= 11 is 0. The Kier molecular flexibility index (Phi) is 4.01. The summed E-state index contributed by atoms with van der Waals surface area (Å²) in [5.41, 5.74) is 0. The first-order valence-corrected chi connectivity index (χ1v) is 4.28. The van der Waals surface area contributed by atoms with Crippen LogP contribution < -0.4 is 0 Å². The molecule has 0 bridgehead atoms. The molecule has 0 fully saturated rings. The van der Waals surface area contributed by atoms with Crippen LogP contribution in [-0.4, -0.2) is 57.6 Å². The van der Waals surface area contributed by atoms with E-state index in [1.807, 2.05) is 0 Å². The van der Waals surface area contributed by atoms with Gasteiger partial charge in [-0.25, -0.2) is 4.48 Å². The molecule has 0 aromatic rings. The largest absolute Gasteiger partial charge is 0.481 e. The normalized spacial score (nSPS) is 15.3. The Morgan fingerprint density at radius 2 is 1.79 bits per heavy atom. The predicted molar refractivity (Wildman–Crippen MR) is 47.8 cm³/mol. The molecule has 84 valence electrons. The van der Waals surface area contributed by atoms with Gasteiger partial charge in [-0.05, 0) is 0 Å². The van der Waals surface area contributed by atoms with E-state index in [1.165, 1.54) is 14.1 Å². The van der Waals surface area contributed by atoms with E-state index < -0.39 is 16.5 Å². The number of nitrogens with zero attached hydrogens (tertiary/aromatic N) is 1. The monoisotopic (exact) mass is 208 g/mol. The maximum atomic E-state index is 10.4. The lowest BCUT2D eigenvalue weighted by Gasteiger charge is -2.37. The van der Waals surface area contributed by atoms with Crippen LogP contribution in [0.3, 0.4) is 0 Å². The number of hydrogen-bond donors (Lipinski definition) is 4. The molecular formula is C8H18NO5+. The number of rotatable bonds is 5. The molecule has 4 N–H and O–H groups in total. The molecule has 0 aromatic carbocycles. The molecule has 0 aliphatic rings. The van der Waals surface area contributed by atoms with Crippen molar-refractivity contribution in [3.8, 4) is 0 Å². The van der Waals surface area contributed by atoms with Gasteiger partial charge in [-0.15, -0.1) is 0 Å². The minimum absolute atomic E-state index is 0.0717. The van der Waals surface area contributed by atoms with Gasteiger partial charge < -0.3 is 5.11 Å². The van der Waals surface area contributed by atoms with Gasteiger partial charge in [0.15, 0.2) is 0 Å². The molecule has 0 heterocycles. The molecule has 0 radical (unpaired) electrons. The number of aliphatic carboxylic acids is 1. The van der Waals surface area contributed by atoms with Gasteiger partial charge in [-0.2, -0.15) is 0 Å². The Hall–Kier alpha value is -0.690. The summed E-state index contributed by atoms with van der Waals surface area (Å²) in [5, 5.41) is 35.4. The molecule has 0 aromatic heterocycles. The van der Waals surface area contributed by atoms with Gasteiger partial charge >= 0.3 is 12.1 Å². The fourth-order valence-electron chi connectivity index (χ4n) is 1.26. The Morgan fingerprint density at radius 3 is 2.07 bits per heavy atom. The lowest BCUT2D eigenvalue weighted by Crippen LogP contribution is -2.61. The van der Waals surface area contributed by atoms with Crippen LogP contribution in [0, 0.1) is 5.92 Å². The summed E-state index contributed by atoms with van der Waals surface area (Å²) in [6.45, 7) is 1.82. The molecule has 6 nitrogen and oxygen atoms in total. The standard InChI is InChI=1S/C8H17NO5/c1-6(4-7(10)11)5-9(2,3)8(12,13)14/h6,12-14H,4-5H2,1-3H3/p+1. The van der Waals surface area contributed by atoms with E-state index in [0.29, 0.717) is 0 Å². The van der Waals surface area contributed by atoms with Crippen molar-refractivity contribution in [1.29, 1.82) is 0 Å². The van der Waals surface area contributed by atoms with Crippen LogP contribution in [0.15, 0.2) is 0 Å². The van der Waals surface area contributed by atoms with E-state index >= 15 is 0 Å². The average molecular weight is 208 g/mol. The van der Waals surface area contributed by atoms with E-state index in [-0.39, 0.29) is 18.9 Å². The van der Waals surface area contributed by atoms with E-state index in [1.54, 1.807) is 6.92 Å². The molecule has 0 saturated carbocycles. The lowest BCUT2D eigenvalue weighted by molar-refractivity contribution is -1.03. The smallest absolute Gasteiger partial charge is 0.441 e. The number of aliphatic hydroxyl groups is 3. The highest BCUT2D eigenvalue weighted by molar-refractivity contribution is 5.66.